The molecule has 8 heteroatoms. The predicted octanol–water partition coefficient (Wildman–Crippen LogP) is 1.73. The van der Waals surface area contributed by atoms with Gasteiger partial charge in [0.2, 0.25) is 0 Å². The summed E-state index contributed by atoms with van der Waals surface area (Å²) >= 11 is 0. The minimum atomic E-state index is 0. The summed E-state index contributed by atoms with van der Waals surface area (Å²) in [5, 5.41) is 14.8. The van der Waals surface area contributed by atoms with Gasteiger partial charge in [0.15, 0.2) is 11.8 Å². The van der Waals surface area contributed by atoms with Crippen molar-refractivity contribution in [1.29, 1.82) is 0 Å². The number of guanidine groups is 1. The summed E-state index contributed by atoms with van der Waals surface area (Å²) in [5.41, 5.74) is 0. The second-order valence-electron chi connectivity index (χ2n) is 5.24. The summed E-state index contributed by atoms with van der Waals surface area (Å²) in [6, 6.07) is 4.35. The molecule has 1 fully saturated rings. The van der Waals surface area contributed by atoms with E-state index in [-0.39, 0.29) is 24.0 Å². The molecule has 1 aliphatic carbocycles. The summed E-state index contributed by atoms with van der Waals surface area (Å²) < 4.78 is 7.27. The fourth-order valence-electron chi connectivity index (χ4n) is 1.90. The second-order valence-corrected chi connectivity index (χ2v) is 5.24. The fourth-order valence-corrected chi connectivity index (χ4v) is 1.90. The third-order valence-corrected chi connectivity index (χ3v) is 3.49. The minimum Gasteiger partial charge on any atom is -0.467 e. The van der Waals surface area contributed by atoms with E-state index < -0.39 is 0 Å². The molecule has 0 amide bonds. The number of nitrogens with zero attached hydrogens (tertiary/aromatic N) is 4. The van der Waals surface area contributed by atoms with E-state index in [1.54, 1.807) is 6.26 Å². The lowest BCUT2D eigenvalue weighted by atomic mass is 10.4. The van der Waals surface area contributed by atoms with Gasteiger partial charge in [0, 0.05) is 13.1 Å². The van der Waals surface area contributed by atoms with Crippen LogP contribution in [0.5, 0.6) is 0 Å². The molecule has 2 N–H and O–H groups in total. The number of hydrogen-bond donors (Lipinski definition) is 2. The molecule has 0 spiro atoms. The average Bonchev–Trinajstić information content (AvgIpc) is 3.03. The van der Waals surface area contributed by atoms with Crippen molar-refractivity contribution in [3.8, 4) is 0 Å². The van der Waals surface area contributed by atoms with Crippen LogP contribution in [0.4, 0.5) is 0 Å². The van der Waals surface area contributed by atoms with Crippen LogP contribution in [0.15, 0.2) is 27.8 Å². The Morgan fingerprint density at radius 2 is 2.27 bits per heavy atom. The largest absolute Gasteiger partial charge is 0.467 e. The maximum absolute atomic E-state index is 5.32. The summed E-state index contributed by atoms with van der Waals surface area (Å²) in [7, 11) is 1.95. The van der Waals surface area contributed by atoms with Crippen LogP contribution in [0.2, 0.25) is 0 Å². The molecule has 1 saturated carbocycles. The molecule has 7 nitrogen and oxygen atoms in total. The van der Waals surface area contributed by atoms with E-state index in [1.165, 1.54) is 12.8 Å². The first kappa shape index (κ1) is 16.8. The Hall–Kier alpha value is -1.58. The van der Waals surface area contributed by atoms with E-state index in [0.717, 1.165) is 23.4 Å². The SMILES string of the molecule is Cc1nnc(CN=C(NCc2ccco2)NC2CC2)n1C.I. The van der Waals surface area contributed by atoms with Crippen molar-refractivity contribution in [3.63, 3.8) is 0 Å². The summed E-state index contributed by atoms with van der Waals surface area (Å²) in [6.07, 6.45) is 4.07. The molecule has 1 aliphatic rings. The molecule has 0 unspecified atom stereocenters. The average molecular weight is 416 g/mol. The van der Waals surface area contributed by atoms with Gasteiger partial charge in [-0.1, -0.05) is 0 Å². The molecule has 0 saturated heterocycles. The molecular weight excluding hydrogens is 395 g/mol. The molecule has 0 bridgehead atoms. The molecule has 2 aromatic heterocycles. The van der Waals surface area contributed by atoms with Crippen LogP contribution in [0.3, 0.4) is 0 Å². The zero-order chi connectivity index (χ0) is 14.7. The lowest BCUT2D eigenvalue weighted by Crippen LogP contribution is -2.38. The highest BCUT2D eigenvalue weighted by Gasteiger charge is 2.22. The van der Waals surface area contributed by atoms with Gasteiger partial charge in [-0.2, -0.15) is 0 Å². The second kappa shape index (κ2) is 7.61. The summed E-state index contributed by atoms with van der Waals surface area (Å²) in [5.74, 6) is 3.41. The third kappa shape index (κ3) is 4.46. The van der Waals surface area contributed by atoms with Crippen LogP contribution in [-0.4, -0.2) is 26.8 Å². The van der Waals surface area contributed by atoms with Gasteiger partial charge >= 0.3 is 0 Å². The van der Waals surface area contributed by atoms with Crippen molar-refractivity contribution in [2.45, 2.75) is 38.9 Å². The highest BCUT2D eigenvalue weighted by Crippen LogP contribution is 2.18. The first-order valence-electron chi connectivity index (χ1n) is 7.14. The van der Waals surface area contributed by atoms with Gasteiger partial charge in [-0.05, 0) is 31.9 Å². The molecule has 2 heterocycles. The summed E-state index contributed by atoms with van der Waals surface area (Å²) in [6.45, 7) is 3.04. The predicted molar refractivity (Wildman–Crippen MR) is 94.0 cm³/mol. The van der Waals surface area contributed by atoms with E-state index in [2.05, 4.69) is 25.8 Å². The quantitative estimate of drug-likeness (QED) is 0.441. The van der Waals surface area contributed by atoms with Gasteiger partial charge in [0.1, 0.15) is 18.1 Å². The van der Waals surface area contributed by atoms with Gasteiger partial charge < -0.3 is 19.6 Å². The summed E-state index contributed by atoms with van der Waals surface area (Å²) in [4.78, 5) is 4.58. The topological polar surface area (TPSA) is 80.3 Å². The Morgan fingerprint density at radius 3 is 2.86 bits per heavy atom. The van der Waals surface area contributed by atoms with Crippen molar-refractivity contribution in [2.24, 2.45) is 12.0 Å². The minimum absolute atomic E-state index is 0. The Morgan fingerprint density at radius 1 is 1.45 bits per heavy atom. The van der Waals surface area contributed by atoms with E-state index in [4.69, 9.17) is 4.42 Å². The number of furan rings is 1. The maximum atomic E-state index is 5.32. The van der Waals surface area contributed by atoms with Gasteiger partial charge in [0.05, 0.1) is 12.8 Å². The van der Waals surface area contributed by atoms with Crippen LogP contribution >= 0.6 is 24.0 Å². The zero-order valence-corrected chi connectivity index (χ0v) is 15.1. The molecule has 22 heavy (non-hydrogen) atoms. The van der Waals surface area contributed by atoms with Gasteiger partial charge in [-0.25, -0.2) is 4.99 Å². The van der Waals surface area contributed by atoms with E-state index in [1.807, 2.05) is 30.7 Å². The molecular formula is C14H21IN6O. The lowest BCUT2D eigenvalue weighted by Gasteiger charge is -2.10. The molecule has 0 radical (unpaired) electrons. The molecule has 3 rings (SSSR count). The molecule has 0 atom stereocenters. The van der Waals surface area contributed by atoms with E-state index >= 15 is 0 Å². The maximum Gasteiger partial charge on any atom is 0.192 e. The van der Waals surface area contributed by atoms with Crippen LogP contribution in [0.1, 0.15) is 30.3 Å². The van der Waals surface area contributed by atoms with Crippen LogP contribution in [0.25, 0.3) is 0 Å². The molecule has 0 aromatic carbocycles. The first-order chi connectivity index (χ1) is 10.2. The number of halogens is 1. The van der Waals surface area contributed by atoms with E-state index in [9.17, 15) is 0 Å². The van der Waals surface area contributed by atoms with Crippen molar-refractivity contribution < 1.29 is 4.42 Å². The fraction of sp³-hybridized carbons (Fsp3) is 0.500. The zero-order valence-electron chi connectivity index (χ0n) is 12.7. The number of aryl methyl sites for hydroxylation is 1. The van der Waals surface area contributed by atoms with Crippen LogP contribution in [-0.2, 0) is 20.1 Å². The highest BCUT2D eigenvalue weighted by atomic mass is 127. The van der Waals surface area contributed by atoms with Crippen molar-refractivity contribution in [3.05, 3.63) is 35.8 Å². The van der Waals surface area contributed by atoms with Crippen molar-refractivity contribution >= 4 is 29.9 Å². The van der Waals surface area contributed by atoms with Crippen molar-refractivity contribution in [2.75, 3.05) is 0 Å². The number of rotatable bonds is 5. The lowest BCUT2D eigenvalue weighted by molar-refractivity contribution is 0.501. The van der Waals surface area contributed by atoms with Crippen LogP contribution < -0.4 is 10.6 Å². The van der Waals surface area contributed by atoms with Crippen LogP contribution in [0, 0.1) is 6.92 Å². The van der Waals surface area contributed by atoms with E-state index in [0.29, 0.717) is 19.1 Å². The normalized spacial score (nSPS) is 14.5. The molecule has 2 aromatic rings. The van der Waals surface area contributed by atoms with Gasteiger partial charge in [-0.15, -0.1) is 34.2 Å². The smallest absolute Gasteiger partial charge is 0.192 e. The Balaban J connectivity index is 0.00000176. The Kier molecular flexibility index (Phi) is 5.81. The number of aliphatic imine (C=N–C) groups is 1. The standard InChI is InChI=1S/C14H20N6O.HI/c1-10-18-19-13(20(10)2)9-16-14(17-11-5-6-11)15-8-12-4-3-7-21-12;/h3-4,7,11H,5-6,8-9H2,1-2H3,(H2,15,16,17);1H. The number of hydrogen-bond acceptors (Lipinski definition) is 4. The monoisotopic (exact) mass is 416 g/mol. The Bertz CT molecular complexity index is 617. The van der Waals surface area contributed by atoms with Gasteiger partial charge in [-0.3, -0.25) is 0 Å². The molecule has 0 aliphatic heterocycles. The number of nitrogens with one attached hydrogen (secondary N) is 2. The Labute approximate surface area is 146 Å². The first-order valence-corrected chi connectivity index (χ1v) is 7.14. The number of aromatic nitrogens is 3. The highest BCUT2D eigenvalue weighted by molar-refractivity contribution is 14.0. The third-order valence-electron chi connectivity index (χ3n) is 3.49. The van der Waals surface area contributed by atoms with Gasteiger partial charge in [0.25, 0.3) is 0 Å². The van der Waals surface area contributed by atoms with Crippen molar-refractivity contribution in [1.82, 2.24) is 25.4 Å². The molecule has 120 valence electrons.